The molecule has 1 aromatic heterocycles. The van der Waals surface area contributed by atoms with E-state index in [0.29, 0.717) is 12.4 Å². The van der Waals surface area contributed by atoms with Crippen molar-refractivity contribution in [2.45, 2.75) is 11.3 Å². The van der Waals surface area contributed by atoms with Crippen LogP contribution in [0, 0.1) is 0 Å². The predicted molar refractivity (Wildman–Crippen MR) is 100 cm³/mol. The van der Waals surface area contributed by atoms with Crippen LogP contribution in [0.3, 0.4) is 0 Å². The van der Waals surface area contributed by atoms with Crippen molar-refractivity contribution in [1.82, 2.24) is 9.88 Å². The quantitative estimate of drug-likeness (QED) is 0.876. The van der Waals surface area contributed by atoms with E-state index in [0.717, 1.165) is 49.6 Å². The monoisotopic (exact) mass is 374 g/mol. The first-order valence-corrected chi connectivity index (χ1v) is 10.2. The van der Waals surface area contributed by atoms with Crippen molar-refractivity contribution in [3.8, 4) is 5.75 Å². The lowest BCUT2D eigenvalue weighted by atomic mass is 10.2. The highest BCUT2D eigenvalue weighted by molar-refractivity contribution is 7.92. The van der Waals surface area contributed by atoms with Crippen LogP contribution in [0.4, 0.5) is 11.5 Å². The van der Waals surface area contributed by atoms with E-state index < -0.39 is 10.0 Å². The van der Waals surface area contributed by atoms with E-state index in [2.05, 4.69) is 26.6 Å². The van der Waals surface area contributed by atoms with Crippen LogP contribution < -0.4 is 14.4 Å². The van der Waals surface area contributed by atoms with Crippen LogP contribution >= 0.6 is 0 Å². The van der Waals surface area contributed by atoms with Crippen LogP contribution in [0.2, 0.25) is 0 Å². The molecule has 1 aromatic carbocycles. The third-order valence-corrected chi connectivity index (χ3v) is 6.18. The Bertz CT molecular complexity index is 891. The van der Waals surface area contributed by atoms with Crippen molar-refractivity contribution in [2.75, 3.05) is 49.5 Å². The molecule has 2 aliphatic rings. The number of fused-ring (bicyclic) bond motifs is 1. The van der Waals surface area contributed by atoms with Crippen molar-refractivity contribution >= 4 is 21.5 Å². The molecule has 8 heteroatoms. The molecular formula is C18H22N4O3S. The molecule has 4 rings (SSSR count). The van der Waals surface area contributed by atoms with E-state index in [1.165, 1.54) is 0 Å². The first kappa shape index (κ1) is 17.1. The van der Waals surface area contributed by atoms with Crippen LogP contribution in [0.15, 0.2) is 41.4 Å². The number of nitrogens with one attached hydrogen (secondary N) is 1. The lowest BCUT2D eigenvalue weighted by molar-refractivity contribution is 0.313. The number of benzene rings is 1. The zero-order valence-corrected chi connectivity index (χ0v) is 15.5. The van der Waals surface area contributed by atoms with Crippen molar-refractivity contribution < 1.29 is 13.2 Å². The van der Waals surface area contributed by atoms with Crippen LogP contribution in [0.5, 0.6) is 5.75 Å². The summed E-state index contributed by atoms with van der Waals surface area (Å²) < 4.78 is 33.2. The minimum absolute atomic E-state index is 0.228. The molecule has 2 aromatic rings. The normalized spacial score (nSPS) is 17.7. The maximum Gasteiger partial charge on any atom is 0.263 e. The average Bonchev–Trinajstić information content (AvgIpc) is 3.11. The molecule has 138 valence electrons. The summed E-state index contributed by atoms with van der Waals surface area (Å²) in [5, 5.41) is 0. The van der Waals surface area contributed by atoms with E-state index in [4.69, 9.17) is 4.74 Å². The van der Waals surface area contributed by atoms with E-state index in [1.54, 1.807) is 30.5 Å². The topological polar surface area (TPSA) is 74.8 Å². The Morgan fingerprint density at radius 1 is 1.12 bits per heavy atom. The highest BCUT2D eigenvalue weighted by Gasteiger charge is 2.20. The molecule has 1 N–H and O–H groups in total. The minimum Gasteiger partial charge on any atom is -0.493 e. The second-order valence-electron chi connectivity index (χ2n) is 6.67. The molecule has 0 saturated carbocycles. The average molecular weight is 374 g/mol. The SMILES string of the molecule is CN1CCN(c2ccc(NS(=O)(=O)c3ccc4c(c3)CCO4)nc2)CC1. The molecule has 26 heavy (non-hydrogen) atoms. The second-order valence-corrected chi connectivity index (χ2v) is 8.35. The first-order chi connectivity index (χ1) is 12.5. The molecule has 0 spiro atoms. The third-order valence-electron chi connectivity index (χ3n) is 4.83. The molecule has 7 nitrogen and oxygen atoms in total. The number of sulfonamides is 1. The zero-order chi connectivity index (χ0) is 18.1. The number of piperazine rings is 1. The number of aromatic nitrogens is 1. The van der Waals surface area contributed by atoms with Gasteiger partial charge in [0, 0.05) is 32.6 Å². The molecular weight excluding hydrogens is 352 g/mol. The summed E-state index contributed by atoms with van der Waals surface area (Å²) in [6, 6.07) is 8.56. The smallest absolute Gasteiger partial charge is 0.263 e. The van der Waals surface area contributed by atoms with Crippen LogP contribution in [-0.2, 0) is 16.4 Å². The van der Waals surface area contributed by atoms with Gasteiger partial charge in [-0.15, -0.1) is 0 Å². The van der Waals surface area contributed by atoms with Gasteiger partial charge in [-0.3, -0.25) is 4.72 Å². The van der Waals surface area contributed by atoms with Gasteiger partial charge < -0.3 is 14.5 Å². The Morgan fingerprint density at radius 2 is 1.92 bits per heavy atom. The summed E-state index contributed by atoms with van der Waals surface area (Å²) in [6.45, 7) is 4.51. The summed E-state index contributed by atoms with van der Waals surface area (Å²) >= 11 is 0. The Balaban J connectivity index is 1.48. The minimum atomic E-state index is -3.67. The Labute approximate surface area is 153 Å². The van der Waals surface area contributed by atoms with Crippen LogP contribution in [-0.4, -0.2) is 58.1 Å². The highest BCUT2D eigenvalue weighted by Crippen LogP contribution is 2.28. The van der Waals surface area contributed by atoms with Crippen LogP contribution in [0.1, 0.15) is 5.56 Å². The number of ether oxygens (including phenoxy) is 1. The Hall–Kier alpha value is -2.32. The summed E-state index contributed by atoms with van der Waals surface area (Å²) in [5.74, 6) is 1.08. The van der Waals surface area contributed by atoms with Gasteiger partial charge in [0.15, 0.2) is 0 Å². The largest absolute Gasteiger partial charge is 0.493 e. The number of hydrogen-bond acceptors (Lipinski definition) is 6. The second kappa shape index (κ2) is 6.77. The fraction of sp³-hybridized carbons (Fsp3) is 0.389. The van der Waals surface area contributed by atoms with Gasteiger partial charge in [-0.2, -0.15) is 0 Å². The van der Waals surface area contributed by atoms with Crippen molar-refractivity contribution in [3.05, 3.63) is 42.1 Å². The fourth-order valence-electron chi connectivity index (χ4n) is 3.22. The number of rotatable bonds is 4. The third kappa shape index (κ3) is 3.47. The molecule has 0 amide bonds. The van der Waals surface area contributed by atoms with Crippen molar-refractivity contribution in [3.63, 3.8) is 0 Å². The first-order valence-electron chi connectivity index (χ1n) is 8.69. The summed E-state index contributed by atoms with van der Waals surface area (Å²) in [6.07, 6.45) is 2.45. The number of hydrogen-bond donors (Lipinski definition) is 1. The predicted octanol–water partition coefficient (Wildman–Crippen LogP) is 1.57. The van der Waals surface area contributed by atoms with Gasteiger partial charge in [-0.1, -0.05) is 0 Å². The van der Waals surface area contributed by atoms with E-state index in [1.807, 2.05) is 6.07 Å². The molecule has 0 radical (unpaired) electrons. The molecule has 1 fully saturated rings. The maximum absolute atomic E-state index is 12.6. The van der Waals surface area contributed by atoms with Gasteiger partial charge in [0.25, 0.3) is 10.0 Å². The van der Waals surface area contributed by atoms with Crippen molar-refractivity contribution in [1.29, 1.82) is 0 Å². The van der Waals surface area contributed by atoms with Gasteiger partial charge in [0.1, 0.15) is 11.6 Å². The lowest BCUT2D eigenvalue weighted by Crippen LogP contribution is -2.44. The van der Waals surface area contributed by atoms with Crippen molar-refractivity contribution in [2.24, 2.45) is 0 Å². The van der Waals surface area contributed by atoms with E-state index in [9.17, 15) is 8.42 Å². The maximum atomic E-state index is 12.6. The van der Waals surface area contributed by atoms with E-state index in [-0.39, 0.29) is 4.90 Å². The number of nitrogens with zero attached hydrogens (tertiary/aromatic N) is 3. The van der Waals surface area contributed by atoms with Gasteiger partial charge in [-0.05, 0) is 42.9 Å². The molecule has 0 atom stereocenters. The summed E-state index contributed by atoms with van der Waals surface area (Å²) in [7, 11) is -1.56. The number of likely N-dealkylation sites (N-methyl/N-ethyl adjacent to an activating group) is 1. The molecule has 3 heterocycles. The molecule has 2 aliphatic heterocycles. The van der Waals surface area contributed by atoms with Gasteiger partial charge >= 0.3 is 0 Å². The zero-order valence-electron chi connectivity index (χ0n) is 14.7. The molecule has 0 bridgehead atoms. The molecule has 1 saturated heterocycles. The molecule has 0 unspecified atom stereocenters. The fourth-order valence-corrected chi connectivity index (χ4v) is 4.28. The number of anilines is 2. The van der Waals surface area contributed by atoms with Gasteiger partial charge in [0.2, 0.25) is 0 Å². The van der Waals surface area contributed by atoms with Gasteiger partial charge in [0.05, 0.1) is 23.4 Å². The summed E-state index contributed by atoms with van der Waals surface area (Å²) in [5.41, 5.74) is 1.93. The van der Waals surface area contributed by atoms with Crippen LogP contribution in [0.25, 0.3) is 0 Å². The van der Waals surface area contributed by atoms with Gasteiger partial charge in [-0.25, -0.2) is 13.4 Å². The Kier molecular flexibility index (Phi) is 4.46. The Morgan fingerprint density at radius 3 is 2.65 bits per heavy atom. The summed E-state index contributed by atoms with van der Waals surface area (Å²) in [4.78, 5) is 9.06. The molecule has 0 aliphatic carbocycles. The lowest BCUT2D eigenvalue weighted by Gasteiger charge is -2.33. The standard InChI is InChI=1S/C18H22N4O3S/c1-21-7-9-22(10-8-21)15-2-5-18(19-13-15)20-26(23,24)16-3-4-17-14(12-16)6-11-25-17/h2-5,12-13H,6-11H2,1H3,(H,19,20). The van der Waals surface area contributed by atoms with E-state index >= 15 is 0 Å². The number of pyridine rings is 1. The highest BCUT2D eigenvalue weighted by atomic mass is 32.2.